The Morgan fingerprint density at radius 2 is 1.81 bits per heavy atom. The number of hydrogen-bond donors (Lipinski definition) is 1. The Hall–Kier alpha value is -3.62. The van der Waals surface area contributed by atoms with E-state index in [1.165, 1.54) is 11.8 Å². The van der Waals surface area contributed by atoms with Gasteiger partial charge in [0.15, 0.2) is 5.17 Å². The Morgan fingerprint density at radius 3 is 2.50 bits per heavy atom. The second kappa shape index (κ2) is 10.6. The molecule has 0 radical (unpaired) electrons. The van der Waals surface area contributed by atoms with Gasteiger partial charge < -0.3 is 10.1 Å². The number of nitrogens with zero attached hydrogens (tertiary/aromatic N) is 3. The average Bonchev–Trinajstić information content (AvgIpc) is 3.49. The monoisotopic (exact) mass is 518 g/mol. The van der Waals surface area contributed by atoms with Crippen LogP contribution in [0.3, 0.4) is 0 Å². The first-order valence-corrected chi connectivity index (χ1v) is 12.7. The molecule has 1 N–H and O–H groups in total. The van der Waals surface area contributed by atoms with Crippen molar-refractivity contribution in [3.05, 3.63) is 95.0 Å². The van der Waals surface area contributed by atoms with Crippen LogP contribution in [0.25, 0.3) is 0 Å². The predicted molar refractivity (Wildman–Crippen MR) is 144 cm³/mol. The van der Waals surface area contributed by atoms with Crippen molar-refractivity contribution in [3.63, 3.8) is 0 Å². The minimum atomic E-state index is -0.607. The van der Waals surface area contributed by atoms with Crippen molar-refractivity contribution in [2.24, 2.45) is 10.1 Å². The molecule has 3 aromatic carbocycles. The van der Waals surface area contributed by atoms with Gasteiger partial charge in [0, 0.05) is 23.6 Å². The maximum atomic E-state index is 12.8. The SMILES string of the molecule is COc1ccc(NC(=O)C[C@H]2SC(N3N=C(c4ccc(Cl)cc4)C[C@@H]3c3ccccc3)=NC2=O)cc1. The second-order valence-corrected chi connectivity index (χ2v) is 9.95. The summed E-state index contributed by atoms with van der Waals surface area (Å²) < 4.78 is 5.14. The number of hydrazone groups is 1. The van der Waals surface area contributed by atoms with Crippen LogP contribution in [0, 0.1) is 0 Å². The maximum Gasteiger partial charge on any atom is 0.262 e. The molecular weight excluding hydrogens is 496 g/mol. The number of amidine groups is 1. The predicted octanol–water partition coefficient (Wildman–Crippen LogP) is 5.53. The summed E-state index contributed by atoms with van der Waals surface area (Å²) in [4.78, 5) is 29.7. The van der Waals surface area contributed by atoms with Gasteiger partial charge >= 0.3 is 0 Å². The number of halogens is 1. The lowest BCUT2D eigenvalue weighted by Gasteiger charge is -2.23. The van der Waals surface area contributed by atoms with Crippen molar-refractivity contribution in [1.82, 2.24) is 5.01 Å². The number of aliphatic imine (C=N–C) groups is 1. The van der Waals surface area contributed by atoms with Crippen molar-refractivity contribution in [2.75, 3.05) is 12.4 Å². The molecule has 0 spiro atoms. The summed E-state index contributed by atoms with van der Waals surface area (Å²) in [5.74, 6) is 0.111. The summed E-state index contributed by atoms with van der Waals surface area (Å²) in [7, 11) is 1.58. The van der Waals surface area contributed by atoms with E-state index >= 15 is 0 Å². The molecule has 2 aliphatic rings. The molecule has 0 fully saturated rings. The highest BCUT2D eigenvalue weighted by atomic mass is 35.5. The molecule has 36 heavy (non-hydrogen) atoms. The minimum absolute atomic E-state index is 0.0140. The van der Waals surface area contributed by atoms with Crippen LogP contribution >= 0.6 is 23.4 Å². The van der Waals surface area contributed by atoms with Gasteiger partial charge in [0.25, 0.3) is 5.91 Å². The molecule has 0 bridgehead atoms. The number of hydrogen-bond acceptors (Lipinski definition) is 6. The fourth-order valence-corrected chi connectivity index (χ4v) is 5.29. The van der Waals surface area contributed by atoms with Gasteiger partial charge in [0.2, 0.25) is 5.91 Å². The summed E-state index contributed by atoms with van der Waals surface area (Å²) in [5, 5.41) is 10.0. The van der Waals surface area contributed by atoms with Gasteiger partial charge in [-0.2, -0.15) is 10.1 Å². The average molecular weight is 519 g/mol. The highest BCUT2D eigenvalue weighted by molar-refractivity contribution is 8.15. The van der Waals surface area contributed by atoms with E-state index in [1.54, 1.807) is 31.4 Å². The third-order valence-electron chi connectivity index (χ3n) is 5.94. The van der Waals surface area contributed by atoms with Gasteiger partial charge in [0.1, 0.15) is 11.0 Å². The van der Waals surface area contributed by atoms with E-state index in [2.05, 4.69) is 10.3 Å². The topological polar surface area (TPSA) is 83.4 Å². The van der Waals surface area contributed by atoms with Gasteiger partial charge in [-0.25, -0.2) is 5.01 Å². The number of ether oxygens (including phenoxy) is 1. The first-order chi connectivity index (χ1) is 17.5. The Labute approximate surface area is 218 Å². The fourth-order valence-electron chi connectivity index (χ4n) is 4.10. The smallest absolute Gasteiger partial charge is 0.262 e. The van der Waals surface area contributed by atoms with E-state index in [0.29, 0.717) is 28.0 Å². The molecule has 0 saturated heterocycles. The quantitative estimate of drug-likeness (QED) is 0.464. The molecule has 2 atom stereocenters. The zero-order chi connectivity index (χ0) is 25.1. The molecule has 2 aliphatic heterocycles. The minimum Gasteiger partial charge on any atom is -0.497 e. The number of amides is 2. The summed E-state index contributed by atoms with van der Waals surface area (Å²) in [6.07, 6.45) is 0.669. The van der Waals surface area contributed by atoms with Crippen LogP contribution in [0.1, 0.15) is 30.0 Å². The molecular formula is C27H23ClN4O3S. The maximum absolute atomic E-state index is 12.8. The number of thioether (sulfide) groups is 1. The molecule has 2 heterocycles. The summed E-state index contributed by atoms with van der Waals surface area (Å²) >= 11 is 7.34. The first kappa shape index (κ1) is 24.1. The zero-order valence-corrected chi connectivity index (χ0v) is 21.0. The van der Waals surface area contributed by atoms with Crippen LogP contribution in [0.5, 0.6) is 5.75 Å². The van der Waals surface area contributed by atoms with Crippen molar-refractivity contribution in [1.29, 1.82) is 0 Å². The highest BCUT2D eigenvalue weighted by Crippen LogP contribution is 2.38. The van der Waals surface area contributed by atoms with E-state index in [4.69, 9.17) is 21.4 Å². The van der Waals surface area contributed by atoms with Crippen molar-refractivity contribution < 1.29 is 14.3 Å². The number of rotatable bonds is 6. The van der Waals surface area contributed by atoms with Gasteiger partial charge in [-0.15, -0.1) is 0 Å². The Balaban J connectivity index is 1.32. The Bertz CT molecular complexity index is 1330. The van der Waals surface area contributed by atoms with Crippen LogP contribution < -0.4 is 10.1 Å². The normalized spacial score (nSPS) is 19.2. The molecule has 182 valence electrons. The molecule has 2 amide bonds. The number of carbonyl (C=O) groups excluding carboxylic acids is 2. The number of anilines is 1. The van der Waals surface area contributed by atoms with Crippen molar-refractivity contribution >= 4 is 51.7 Å². The van der Waals surface area contributed by atoms with Gasteiger partial charge in [-0.1, -0.05) is 65.8 Å². The fraction of sp³-hybridized carbons (Fsp3) is 0.185. The van der Waals surface area contributed by atoms with Crippen LogP contribution in [-0.2, 0) is 9.59 Å². The largest absolute Gasteiger partial charge is 0.497 e. The molecule has 7 nitrogen and oxygen atoms in total. The second-order valence-electron chi connectivity index (χ2n) is 8.35. The van der Waals surface area contributed by atoms with E-state index in [9.17, 15) is 9.59 Å². The lowest BCUT2D eigenvalue weighted by Crippen LogP contribution is -2.25. The van der Waals surface area contributed by atoms with Crippen molar-refractivity contribution in [3.8, 4) is 5.75 Å². The van der Waals surface area contributed by atoms with E-state index in [1.807, 2.05) is 59.6 Å². The summed E-state index contributed by atoms with van der Waals surface area (Å²) in [6.45, 7) is 0. The molecule has 3 aromatic rings. The van der Waals surface area contributed by atoms with E-state index in [-0.39, 0.29) is 24.3 Å². The van der Waals surface area contributed by atoms with Crippen LogP contribution in [0.15, 0.2) is 89.0 Å². The lowest BCUT2D eigenvalue weighted by atomic mass is 9.99. The number of carbonyl (C=O) groups is 2. The molecule has 0 aromatic heterocycles. The molecule has 0 aliphatic carbocycles. The molecule has 0 saturated carbocycles. The Morgan fingerprint density at radius 1 is 1.08 bits per heavy atom. The number of methoxy groups -OCH3 is 1. The van der Waals surface area contributed by atoms with E-state index < -0.39 is 5.25 Å². The molecule has 0 unspecified atom stereocenters. The van der Waals surface area contributed by atoms with Gasteiger partial charge in [-0.05, 0) is 47.5 Å². The highest BCUT2D eigenvalue weighted by Gasteiger charge is 2.39. The van der Waals surface area contributed by atoms with Crippen LogP contribution in [0.2, 0.25) is 5.02 Å². The lowest BCUT2D eigenvalue weighted by molar-refractivity contribution is -0.121. The summed E-state index contributed by atoms with van der Waals surface area (Å²) in [5.41, 5.74) is 3.56. The van der Waals surface area contributed by atoms with Crippen LogP contribution in [-0.4, -0.2) is 40.1 Å². The number of nitrogens with one attached hydrogen (secondary N) is 1. The van der Waals surface area contributed by atoms with Gasteiger partial charge in [0.05, 0.1) is 18.9 Å². The zero-order valence-electron chi connectivity index (χ0n) is 19.4. The third-order valence-corrected chi connectivity index (χ3v) is 7.34. The molecule has 5 rings (SSSR count). The van der Waals surface area contributed by atoms with Gasteiger partial charge in [-0.3, -0.25) is 9.59 Å². The first-order valence-electron chi connectivity index (χ1n) is 11.4. The summed E-state index contributed by atoms with van der Waals surface area (Å²) in [6, 6.07) is 24.5. The molecule has 9 heteroatoms. The van der Waals surface area contributed by atoms with E-state index in [0.717, 1.165) is 16.8 Å². The third kappa shape index (κ3) is 5.29. The number of benzene rings is 3. The van der Waals surface area contributed by atoms with Crippen molar-refractivity contribution in [2.45, 2.75) is 24.1 Å². The van der Waals surface area contributed by atoms with Crippen LogP contribution in [0.4, 0.5) is 5.69 Å². The standard InChI is InChI=1S/C27H23ClN4O3S/c1-35-21-13-11-20(12-14-21)29-25(33)16-24-26(34)30-27(36-24)32-23(18-5-3-2-4-6-18)15-22(31-32)17-7-9-19(28)10-8-17/h2-14,23-24H,15-16H2,1H3,(H,29,33)/t23-,24-/m1/s1. The Kier molecular flexibility index (Phi) is 7.06.